The van der Waals surface area contributed by atoms with Crippen LogP contribution in [0.25, 0.3) is 22.0 Å². The molecule has 0 saturated carbocycles. The fourth-order valence-corrected chi connectivity index (χ4v) is 4.67. The predicted molar refractivity (Wildman–Crippen MR) is 86.0 cm³/mol. The predicted octanol–water partition coefficient (Wildman–Crippen LogP) is 2.48. The average molecular weight is 360 g/mol. The molecule has 0 radical (unpaired) electrons. The Hall–Kier alpha value is -1.78. The van der Waals surface area contributed by atoms with Gasteiger partial charge in [0.2, 0.25) is 0 Å². The van der Waals surface area contributed by atoms with Crippen LogP contribution in [0.1, 0.15) is 14.6 Å². The Balaban J connectivity index is 1.90. The Morgan fingerprint density at radius 2 is 1.77 bits per heavy atom. The number of nitrogens with zero attached hydrogens (tertiary/aromatic N) is 1. The molecule has 3 aromatic heterocycles. The Morgan fingerprint density at radius 1 is 0.955 bits per heavy atom. The summed E-state index contributed by atoms with van der Waals surface area (Å²) in [6, 6.07) is 14.2. The number of aliphatic hydroxyl groups is 2. The van der Waals surface area contributed by atoms with Gasteiger partial charge in [0.05, 0.1) is 0 Å². The van der Waals surface area contributed by atoms with Crippen LogP contribution in [-0.4, -0.2) is 29.3 Å². The van der Waals surface area contributed by atoms with Crippen LogP contribution in [0.15, 0.2) is 46.9 Å². The molecule has 0 unspecified atom stereocenters. The van der Waals surface area contributed by atoms with E-state index in [-0.39, 0.29) is 27.7 Å². The number of hydrogen-bond acceptors (Lipinski definition) is 3. The molecule has 0 aliphatic heterocycles. The molecule has 2 N–H and O–H groups in total. The van der Waals surface area contributed by atoms with E-state index in [0.717, 1.165) is 33.0 Å². The van der Waals surface area contributed by atoms with Gasteiger partial charge in [-0.1, -0.05) is 0 Å². The van der Waals surface area contributed by atoms with Gasteiger partial charge in [0.25, 0.3) is 0 Å². The number of hydrogen-bond donors (Lipinski definition) is 2. The number of furan rings is 1. The molecule has 0 aliphatic rings. The summed E-state index contributed by atoms with van der Waals surface area (Å²) >= 11 is 0.218. The van der Waals surface area contributed by atoms with Gasteiger partial charge in [0, 0.05) is 0 Å². The third kappa shape index (κ3) is 2.14. The van der Waals surface area contributed by atoms with Crippen molar-refractivity contribution in [1.29, 1.82) is 0 Å². The van der Waals surface area contributed by atoms with Gasteiger partial charge in [-0.15, -0.1) is 0 Å². The summed E-state index contributed by atoms with van der Waals surface area (Å²) < 4.78 is 10.4. The van der Waals surface area contributed by atoms with Crippen LogP contribution in [0.4, 0.5) is 0 Å². The molecule has 1 aromatic carbocycles. The quantitative estimate of drug-likeness (QED) is 0.550. The minimum atomic E-state index is -0.0914. The molecule has 4 nitrogen and oxygen atoms in total. The van der Waals surface area contributed by atoms with Gasteiger partial charge in [-0.25, -0.2) is 0 Å². The first-order valence-corrected chi connectivity index (χ1v) is 8.80. The minimum absolute atomic E-state index is 0.0914. The Bertz CT molecular complexity index is 947. The molecular formula is C17H15NO3Se. The Morgan fingerprint density at radius 3 is 2.55 bits per heavy atom. The number of aromatic nitrogens is 1. The second kappa shape index (κ2) is 5.45. The fraction of sp³-hybridized carbons (Fsp3) is 0.176. The second-order valence-corrected chi connectivity index (χ2v) is 7.84. The molecule has 0 aliphatic carbocycles. The van der Waals surface area contributed by atoms with Gasteiger partial charge in [-0.3, -0.25) is 0 Å². The Kier molecular flexibility index (Phi) is 3.43. The van der Waals surface area contributed by atoms with E-state index in [9.17, 15) is 10.2 Å². The zero-order chi connectivity index (χ0) is 15.1. The number of fused-ring (bicyclic) bond motifs is 3. The maximum atomic E-state index is 9.32. The van der Waals surface area contributed by atoms with E-state index in [0.29, 0.717) is 5.76 Å². The molecule has 4 rings (SSSR count). The van der Waals surface area contributed by atoms with Crippen molar-refractivity contribution in [3.8, 4) is 0 Å². The van der Waals surface area contributed by atoms with E-state index in [1.807, 2.05) is 30.3 Å². The molecule has 0 saturated heterocycles. The number of rotatable bonds is 4. The van der Waals surface area contributed by atoms with E-state index in [1.165, 1.54) is 4.44 Å². The van der Waals surface area contributed by atoms with Crippen LogP contribution < -0.4 is 0 Å². The molecule has 112 valence electrons. The average Bonchev–Trinajstić information content (AvgIpc) is 3.24. The topological polar surface area (TPSA) is 58.5 Å². The van der Waals surface area contributed by atoms with Crippen molar-refractivity contribution in [2.75, 3.05) is 0 Å². The summed E-state index contributed by atoms with van der Waals surface area (Å²) in [7, 11) is 0. The monoisotopic (exact) mass is 361 g/mol. The van der Waals surface area contributed by atoms with Crippen molar-refractivity contribution in [2.24, 2.45) is 0 Å². The van der Waals surface area contributed by atoms with E-state index in [1.54, 1.807) is 0 Å². The first-order chi connectivity index (χ1) is 10.8. The van der Waals surface area contributed by atoms with Crippen molar-refractivity contribution >= 4 is 36.5 Å². The molecule has 0 spiro atoms. The van der Waals surface area contributed by atoms with Crippen molar-refractivity contribution in [2.45, 2.75) is 19.8 Å². The molecule has 0 amide bonds. The summed E-state index contributed by atoms with van der Waals surface area (Å²) in [4.78, 5) is 0. The van der Waals surface area contributed by atoms with Crippen LogP contribution in [0.3, 0.4) is 0 Å². The molecule has 0 bridgehead atoms. The number of aliphatic hydroxyl groups excluding tert-OH is 2. The van der Waals surface area contributed by atoms with Gasteiger partial charge in [0.15, 0.2) is 0 Å². The summed E-state index contributed by atoms with van der Waals surface area (Å²) in [5.41, 5.74) is 2.98. The first kappa shape index (κ1) is 13.9. The summed E-state index contributed by atoms with van der Waals surface area (Å²) in [5.74, 6) is 0.588. The first-order valence-electron chi connectivity index (χ1n) is 7.09. The molecule has 22 heavy (non-hydrogen) atoms. The van der Waals surface area contributed by atoms with Crippen molar-refractivity contribution < 1.29 is 14.6 Å². The van der Waals surface area contributed by atoms with Gasteiger partial charge in [-0.2, -0.15) is 0 Å². The third-order valence-electron chi connectivity index (χ3n) is 3.84. The van der Waals surface area contributed by atoms with Crippen molar-refractivity contribution in [3.05, 3.63) is 57.1 Å². The fourth-order valence-electron chi connectivity index (χ4n) is 2.85. The van der Waals surface area contributed by atoms with E-state index < -0.39 is 0 Å². The molecule has 0 atom stereocenters. The Labute approximate surface area is 133 Å². The third-order valence-corrected chi connectivity index (χ3v) is 6.05. The SMILES string of the molecule is OCc1cc2c(o1)c1ccccc1n2Cc1ccc(CO)[se]1. The summed E-state index contributed by atoms with van der Waals surface area (Å²) in [6.07, 6.45) is 0. The second-order valence-electron chi connectivity index (χ2n) is 5.21. The number of benzene rings is 1. The zero-order valence-corrected chi connectivity index (χ0v) is 13.5. The van der Waals surface area contributed by atoms with E-state index >= 15 is 0 Å². The van der Waals surface area contributed by atoms with Gasteiger partial charge >= 0.3 is 133 Å². The van der Waals surface area contributed by atoms with E-state index in [2.05, 4.69) is 16.7 Å². The van der Waals surface area contributed by atoms with Crippen LogP contribution in [0.2, 0.25) is 0 Å². The van der Waals surface area contributed by atoms with Gasteiger partial charge < -0.3 is 0 Å². The van der Waals surface area contributed by atoms with Crippen LogP contribution >= 0.6 is 0 Å². The van der Waals surface area contributed by atoms with Crippen LogP contribution in [0.5, 0.6) is 0 Å². The normalized spacial score (nSPS) is 11.7. The van der Waals surface area contributed by atoms with E-state index in [4.69, 9.17) is 4.42 Å². The standard InChI is InChI=1S/C17H15NO3Se/c19-9-11-7-16-17(21-11)14-3-1-2-4-15(14)18(16)8-12-5-6-13(10-20)22-12/h1-7,19-20H,8-10H2. The van der Waals surface area contributed by atoms with Crippen LogP contribution in [-0.2, 0) is 19.8 Å². The molecule has 0 fully saturated rings. The summed E-state index contributed by atoms with van der Waals surface area (Å²) in [6.45, 7) is 0.836. The molecule has 4 aromatic rings. The maximum absolute atomic E-state index is 9.32. The molecule has 5 heteroatoms. The van der Waals surface area contributed by atoms with Gasteiger partial charge in [0.1, 0.15) is 0 Å². The van der Waals surface area contributed by atoms with Gasteiger partial charge in [-0.05, 0) is 0 Å². The molecule has 3 heterocycles. The molecular weight excluding hydrogens is 345 g/mol. The summed E-state index contributed by atoms with van der Waals surface area (Å²) in [5, 5.41) is 19.6. The van der Waals surface area contributed by atoms with Crippen LogP contribution in [0, 0.1) is 0 Å². The van der Waals surface area contributed by atoms with Crippen molar-refractivity contribution in [3.63, 3.8) is 0 Å². The number of para-hydroxylation sites is 1. The van der Waals surface area contributed by atoms with Crippen molar-refractivity contribution in [1.82, 2.24) is 4.57 Å². The zero-order valence-electron chi connectivity index (χ0n) is 11.8.